The SMILES string of the molecule is CC(C)CCCC1CCC(C2(C(F)(F)F)C(F)=CC(c3c(F)cccc3F)C=C2F)CC1. The minimum Gasteiger partial charge on any atom is -0.211 e. The van der Waals surface area contributed by atoms with Crippen molar-refractivity contribution in [1.29, 1.82) is 0 Å². The van der Waals surface area contributed by atoms with Crippen LogP contribution in [-0.4, -0.2) is 6.18 Å². The van der Waals surface area contributed by atoms with Gasteiger partial charge < -0.3 is 0 Å². The zero-order chi connectivity index (χ0) is 23.7. The number of benzene rings is 1. The van der Waals surface area contributed by atoms with Crippen LogP contribution in [-0.2, 0) is 0 Å². The van der Waals surface area contributed by atoms with E-state index in [4.69, 9.17) is 0 Å². The van der Waals surface area contributed by atoms with Crippen LogP contribution >= 0.6 is 0 Å². The average Bonchev–Trinajstić information content (AvgIpc) is 2.67. The van der Waals surface area contributed by atoms with Gasteiger partial charge in [-0.1, -0.05) is 52.0 Å². The minimum absolute atomic E-state index is 0.0487. The highest BCUT2D eigenvalue weighted by Gasteiger charge is 2.66. The van der Waals surface area contributed by atoms with Crippen LogP contribution in [0.1, 0.15) is 70.3 Å². The van der Waals surface area contributed by atoms with Crippen LogP contribution in [0.2, 0.25) is 0 Å². The van der Waals surface area contributed by atoms with Crippen LogP contribution in [0.4, 0.5) is 30.7 Å². The standard InChI is InChI=1S/C25H29F7/c1-15(2)5-3-6-16-9-11-18(12-10-16)24(25(30,31)32)21(28)13-17(14-22(24)29)23-19(26)7-4-8-20(23)27/h4,7-8,13-18H,3,5-6,9-12H2,1-2H3. The molecule has 0 bridgehead atoms. The molecule has 0 unspecified atom stereocenters. The first-order valence-corrected chi connectivity index (χ1v) is 11.2. The van der Waals surface area contributed by atoms with Gasteiger partial charge in [0.1, 0.15) is 23.3 Å². The number of allylic oxidation sites excluding steroid dienone is 4. The molecule has 0 amide bonds. The number of alkyl halides is 3. The van der Waals surface area contributed by atoms with Gasteiger partial charge in [-0.05, 0) is 54.9 Å². The molecule has 0 nitrogen and oxygen atoms in total. The molecule has 0 aromatic heterocycles. The fourth-order valence-corrected chi connectivity index (χ4v) is 5.33. The molecule has 0 atom stereocenters. The van der Waals surface area contributed by atoms with E-state index in [9.17, 15) is 22.0 Å². The van der Waals surface area contributed by atoms with Crippen LogP contribution in [0.5, 0.6) is 0 Å². The monoisotopic (exact) mass is 462 g/mol. The fourth-order valence-electron chi connectivity index (χ4n) is 5.33. The first-order valence-electron chi connectivity index (χ1n) is 11.2. The molecule has 1 aromatic rings. The van der Waals surface area contributed by atoms with Crippen LogP contribution in [0.25, 0.3) is 0 Å². The van der Waals surface area contributed by atoms with Crippen molar-refractivity contribution in [3.8, 4) is 0 Å². The number of hydrogen-bond acceptors (Lipinski definition) is 0. The molecule has 178 valence electrons. The number of rotatable bonds is 6. The summed E-state index contributed by atoms with van der Waals surface area (Å²) in [6.45, 7) is 4.22. The Hall–Kier alpha value is -1.79. The highest BCUT2D eigenvalue weighted by Crippen LogP contribution is 2.62. The van der Waals surface area contributed by atoms with E-state index in [1.54, 1.807) is 0 Å². The largest absolute Gasteiger partial charge is 0.407 e. The summed E-state index contributed by atoms with van der Waals surface area (Å²) in [6, 6.07) is 2.89. The molecule has 32 heavy (non-hydrogen) atoms. The Kier molecular flexibility index (Phi) is 7.45. The molecule has 1 aromatic carbocycles. The van der Waals surface area contributed by atoms with Crippen molar-refractivity contribution in [3.63, 3.8) is 0 Å². The number of halogens is 7. The molecule has 7 heteroatoms. The van der Waals surface area contributed by atoms with Gasteiger partial charge in [0.2, 0.25) is 0 Å². The van der Waals surface area contributed by atoms with E-state index in [1.807, 2.05) is 0 Å². The van der Waals surface area contributed by atoms with Gasteiger partial charge in [-0.3, -0.25) is 0 Å². The van der Waals surface area contributed by atoms with E-state index in [0.29, 0.717) is 30.9 Å². The third kappa shape index (κ3) is 4.62. The van der Waals surface area contributed by atoms with E-state index in [0.717, 1.165) is 37.5 Å². The molecule has 2 aliphatic carbocycles. The van der Waals surface area contributed by atoms with E-state index in [2.05, 4.69) is 13.8 Å². The van der Waals surface area contributed by atoms with Crippen LogP contribution in [0.3, 0.4) is 0 Å². The second-order valence-corrected chi connectivity index (χ2v) is 9.54. The van der Waals surface area contributed by atoms with Crippen molar-refractivity contribution in [2.75, 3.05) is 0 Å². The van der Waals surface area contributed by atoms with Crippen molar-refractivity contribution in [1.82, 2.24) is 0 Å². The third-order valence-corrected chi connectivity index (χ3v) is 7.04. The smallest absolute Gasteiger partial charge is 0.211 e. The average molecular weight is 462 g/mol. The van der Waals surface area contributed by atoms with Crippen molar-refractivity contribution >= 4 is 0 Å². The maximum absolute atomic E-state index is 15.2. The lowest BCUT2D eigenvalue weighted by Crippen LogP contribution is -2.48. The molecule has 0 N–H and O–H groups in total. The summed E-state index contributed by atoms with van der Waals surface area (Å²) in [5.41, 5.74) is -4.05. The molecule has 1 saturated carbocycles. The maximum Gasteiger partial charge on any atom is 0.407 e. The van der Waals surface area contributed by atoms with Gasteiger partial charge in [-0.15, -0.1) is 0 Å². The zero-order valence-electron chi connectivity index (χ0n) is 18.3. The summed E-state index contributed by atoms with van der Waals surface area (Å²) in [6.07, 6.45) is -0.193. The molecule has 0 aliphatic heterocycles. The third-order valence-electron chi connectivity index (χ3n) is 7.04. The lowest BCUT2D eigenvalue weighted by Gasteiger charge is -2.44. The van der Waals surface area contributed by atoms with Crippen molar-refractivity contribution in [3.05, 3.63) is 59.2 Å². The molecule has 2 aliphatic rings. The Morgan fingerprint density at radius 1 is 0.906 bits per heavy atom. The Balaban J connectivity index is 1.87. The molecule has 3 rings (SSSR count). The lowest BCUT2D eigenvalue weighted by atomic mass is 9.62. The Labute approximate surface area is 184 Å². The summed E-state index contributed by atoms with van der Waals surface area (Å²) in [7, 11) is 0. The van der Waals surface area contributed by atoms with E-state index < -0.39 is 52.3 Å². The zero-order valence-corrected chi connectivity index (χ0v) is 18.3. The molecule has 1 fully saturated rings. The van der Waals surface area contributed by atoms with Gasteiger partial charge in [-0.25, -0.2) is 17.6 Å². The second kappa shape index (κ2) is 9.60. The van der Waals surface area contributed by atoms with Crippen molar-refractivity contribution in [2.24, 2.45) is 23.2 Å². The Morgan fingerprint density at radius 3 is 1.91 bits per heavy atom. The molecule has 0 spiro atoms. The Bertz CT molecular complexity index is 817. The predicted molar refractivity (Wildman–Crippen MR) is 110 cm³/mol. The van der Waals surface area contributed by atoms with Gasteiger partial charge in [0.15, 0.2) is 5.41 Å². The molecular formula is C25H29F7. The predicted octanol–water partition coefficient (Wildman–Crippen LogP) is 8.95. The van der Waals surface area contributed by atoms with E-state index >= 15 is 8.78 Å². The van der Waals surface area contributed by atoms with E-state index in [-0.39, 0.29) is 18.8 Å². The van der Waals surface area contributed by atoms with Crippen LogP contribution in [0.15, 0.2) is 42.0 Å². The topological polar surface area (TPSA) is 0 Å². The van der Waals surface area contributed by atoms with Gasteiger partial charge in [0.25, 0.3) is 0 Å². The van der Waals surface area contributed by atoms with Crippen molar-refractivity contribution in [2.45, 2.75) is 70.9 Å². The normalized spacial score (nSPS) is 29.1. The van der Waals surface area contributed by atoms with Crippen molar-refractivity contribution < 1.29 is 30.7 Å². The molecule has 0 radical (unpaired) electrons. The molecule has 0 saturated heterocycles. The van der Waals surface area contributed by atoms with Gasteiger partial charge in [0.05, 0.1) is 0 Å². The van der Waals surface area contributed by atoms with Crippen LogP contribution < -0.4 is 0 Å². The molecule has 0 heterocycles. The first-order chi connectivity index (χ1) is 15.0. The summed E-state index contributed by atoms with van der Waals surface area (Å²) >= 11 is 0. The molecular weight excluding hydrogens is 433 g/mol. The van der Waals surface area contributed by atoms with E-state index in [1.165, 1.54) is 0 Å². The summed E-state index contributed by atoms with van der Waals surface area (Å²) in [5, 5.41) is 0. The van der Waals surface area contributed by atoms with Gasteiger partial charge in [0, 0.05) is 11.5 Å². The first kappa shape index (κ1) is 24.8. The summed E-state index contributed by atoms with van der Waals surface area (Å²) in [5.74, 6) is -7.62. The highest BCUT2D eigenvalue weighted by atomic mass is 19.4. The second-order valence-electron chi connectivity index (χ2n) is 9.54. The minimum atomic E-state index is -5.21. The number of hydrogen-bond donors (Lipinski definition) is 0. The summed E-state index contributed by atoms with van der Waals surface area (Å²) < 4.78 is 101. The fraction of sp³-hybridized carbons (Fsp3) is 0.600. The quantitative estimate of drug-likeness (QED) is 0.370. The summed E-state index contributed by atoms with van der Waals surface area (Å²) in [4.78, 5) is 0. The highest BCUT2D eigenvalue weighted by molar-refractivity contribution is 5.41. The van der Waals surface area contributed by atoms with Gasteiger partial charge in [-0.2, -0.15) is 13.2 Å². The van der Waals surface area contributed by atoms with Crippen LogP contribution in [0, 0.1) is 34.8 Å². The van der Waals surface area contributed by atoms with Gasteiger partial charge >= 0.3 is 6.18 Å². The lowest BCUT2D eigenvalue weighted by molar-refractivity contribution is -0.229. The maximum atomic E-state index is 15.2. The Morgan fingerprint density at radius 2 is 1.44 bits per heavy atom.